The molecule has 0 bridgehead atoms. The van der Waals surface area contributed by atoms with Crippen molar-refractivity contribution in [3.8, 4) is 0 Å². The van der Waals surface area contributed by atoms with Crippen LogP contribution in [0.15, 0.2) is 24.4 Å². The van der Waals surface area contributed by atoms with Gasteiger partial charge in [-0.2, -0.15) is 0 Å². The van der Waals surface area contributed by atoms with Crippen LogP contribution in [0.3, 0.4) is 0 Å². The lowest BCUT2D eigenvalue weighted by atomic mass is 10.3. The molecule has 19 heavy (non-hydrogen) atoms. The van der Waals surface area contributed by atoms with Crippen LogP contribution in [0.2, 0.25) is 0 Å². The maximum absolute atomic E-state index is 5.23. The minimum atomic E-state index is 0.283. The lowest BCUT2D eigenvalue weighted by molar-refractivity contribution is 0.183. The summed E-state index contributed by atoms with van der Waals surface area (Å²) < 4.78 is 7.36. The Morgan fingerprint density at radius 3 is 2.95 bits per heavy atom. The summed E-state index contributed by atoms with van der Waals surface area (Å²) in [6, 6.07) is 6.34. The second-order valence-corrected chi connectivity index (χ2v) is 4.76. The first-order valence-electron chi connectivity index (χ1n) is 6.51. The zero-order chi connectivity index (χ0) is 13.8. The number of aromatic nitrogens is 2. The molecule has 5 nitrogen and oxygen atoms in total. The molecule has 1 atom stereocenters. The summed E-state index contributed by atoms with van der Waals surface area (Å²) in [6.45, 7) is 3.60. The van der Waals surface area contributed by atoms with Crippen LogP contribution >= 0.6 is 0 Å². The molecule has 0 radical (unpaired) electrons. The number of pyridine rings is 1. The molecule has 1 unspecified atom stereocenters. The van der Waals surface area contributed by atoms with E-state index in [1.54, 1.807) is 7.11 Å². The highest BCUT2D eigenvalue weighted by atomic mass is 16.5. The van der Waals surface area contributed by atoms with Crippen LogP contribution in [-0.2, 0) is 11.3 Å². The summed E-state index contributed by atoms with van der Waals surface area (Å²) >= 11 is 0. The first-order chi connectivity index (χ1) is 9.19. The predicted octanol–water partition coefficient (Wildman–Crippen LogP) is 1.52. The van der Waals surface area contributed by atoms with Gasteiger partial charge in [0.1, 0.15) is 5.65 Å². The highest BCUT2D eigenvalue weighted by molar-refractivity contribution is 5.56. The normalized spacial score (nSPS) is 12.8. The van der Waals surface area contributed by atoms with Crippen LogP contribution in [-0.4, -0.2) is 43.2 Å². The maximum atomic E-state index is 5.23. The van der Waals surface area contributed by atoms with Gasteiger partial charge in [0.25, 0.3) is 0 Å². The van der Waals surface area contributed by atoms with Gasteiger partial charge in [-0.05, 0) is 26.1 Å². The van der Waals surface area contributed by atoms with Crippen LogP contribution in [0.5, 0.6) is 0 Å². The van der Waals surface area contributed by atoms with E-state index in [1.807, 2.05) is 31.4 Å². The number of hydrogen-bond donors (Lipinski definition) is 1. The Labute approximate surface area is 114 Å². The van der Waals surface area contributed by atoms with Crippen LogP contribution in [0.4, 0.5) is 5.82 Å². The van der Waals surface area contributed by atoms with Crippen molar-refractivity contribution in [3.05, 3.63) is 30.1 Å². The van der Waals surface area contributed by atoms with Gasteiger partial charge in [0.15, 0.2) is 5.82 Å². The SMILES string of the molecule is CNCc1c(N(C)C(C)COC)nc2ccccn12. The number of rotatable bonds is 6. The standard InChI is InChI=1S/C14H22N4O/c1-11(10-19-4)17(3)14-12(9-15-2)18-8-6-5-7-13(18)16-14/h5-8,11,15H,9-10H2,1-4H3. The smallest absolute Gasteiger partial charge is 0.152 e. The second-order valence-electron chi connectivity index (χ2n) is 4.76. The summed E-state index contributed by atoms with van der Waals surface area (Å²) in [5.74, 6) is 1.00. The van der Waals surface area contributed by atoms with E-state index in [0.29, 0.717) is 6.61 Å². The highest BCUT2D eigenvalue weighted by Crippen LogP contribution is 2.22. The number of methoxy groups -OCH3 is 1. The Morgan fingerprint density at radius 2 is 2.26 bits per heavy atom. The Kier molecular flexibility index (Phi) is 4.39. The molecule has 0 aliphatic rings. The number of ether oxygens (including phenoxy) is 1. The van der Waals surface area contributed by atoms with E-state index in [-0.39, 0.29) is 6.04 Å². The molecule has 2 aromatic heterocycles. The molecule has 2 rings (SSSR count). The topological polar surface area (TPSA) is 41.8 Å². The van der Waals surface area contributed by atoms with Crippen molar-refractivity contribution < 1.29 is 4.74 Å². The fourth-order valence-electron chi connectivity index (χ4n) is 2.21. The van der Waals surface area contributed by atoms with E-state index in [1.165, 1.54) is 5.69 Å². The molecule has 0 fully saturated rings. The van der Waals surface area contributed by atoms with Crippen molar-refractivity contribution in [2.45, 2.75) is 19.5 Å². The van der Waals surface area contributed by atoms with E-state index in [9.17, 15) is 0 Å². The van der Waals surface area contributed by atoms with Crippen LogP contribution in [0, 0.1) is 0 Å². The molecule has 0 aromatic carbocycles. The summed E-state index contributed by atoms with van der Waals surface area (Å²) in [6.07, 6.45) is 2.05. The molecule has 5 heteroatoms. The van der Waals surface area contributed by atoms with Gasteiger partial charge < -0.3 is 19.4 Å². The Morgan fingerprint density at radius 1 is 1.47 bits per heavy atom. The van der Waals surface area contributed by atoms with Crippen LogP contribution < -0.4 is 10.2 Å². The second kappa shape index (κ2) is 6.04. The molecule has 0 spiro atoms. The monoisotopic (exact) mass is 262 g/mol. The third kappa shape index (κ3) is 2.72. The summed E-state index contributed by atoms with van der Waals surface area (Å²) in [7, 11) is 5.73. The molecule has 0 saturated carbocycles. The predicted molar refractivity (Wildman–Crippen MR) is 77.7 cm³/mol. The van der Waals surface area contributed by atoms with Crippen molar-refractivity contribution in [2.24, 2.45) is 0 Å². The van der Waals surface area contributed by atoms with Crippen LogP contribution in [0.25, 0.3) is 5.65 Å². The minimum Gasteiger partial charge on any atom is -0.383 e. The van der Waals surface area contributed by atoms with Crippen molar-refractivity contribution in [1.29, 1.82) is 0 Å². The van der Waals surface area contributed by atoms with E-state index in [2.05, 4.69) is 28.6 Å². The number of nitrogens with zero attached hydrogens (tertiary/aromatic N) is 3. The van der Waals surface area contributed by atoms with Crippen molar-refractivity contribution in [3.63, 3.8) is 0 Å². The van der Waals surface area contributed by atoms with Gasteiger partial charge in [-0.15, -0.1) is 0 Å². The molecule has 0 aliphatic carbocycles. The third-order valence-corrected chi connectivity index (χ3v) is 3.36. The first kappa shape index (κ1) is 13.8. The highest BCUT2D eigenvalue weighted by Gasteiger charge is 2.18. The average molecular weight is 262 g/mol. The number of fused-ring (bicyclic) bond motifs is 1. The molecule has 0 saturated heterocycles. The van der Waals surface area contributed by atoms with Crippen molar-refractivity contribution >= 4 is 11.5 Å². The molecule has 2 aromatic rings. The summed E-state index contributed by atoms with van der Waals surface area (Å²) in [5, 5.41) is 3.21. The van der Waals surface area contributed by atoms with Gasteiger partial charge in [0, 0.05) is 26.9 Å². The summed E-state index contributed by atoms with van der Waals surface area (Å²) in [4.78, 5) is 6.90. The molecule has 104 valence electrons. The van der Waals surface area contributed by atoms with Crippen molar-refractivity contribution in [2.75, 3.05) is 32.7 Å². The first-order valence-corrected chi connectivity index (χ1v) is 6.51. The lowest BCUT2D eigenvalue weighted by Gasteiger charge is -2.25. The number of hydrogen-bond acceptors (Lipinski definition) is 4. The van der Waals surface area contributed by atoms with E-state index in [4.69, 9.17) is 9.72 Å². The Hall–Kier alpha value is -1.59. The maximum Gasteiger partial charge on any atom is 0.152 e. The number of imidazole rings is 1. The minimum absolute atomic E-state index is 0.283. The largest absolute Gasteiger partial charge is 0.383 e. The zero-order valence-electron chi connectivity index (χ0n) is 12.1. The molecule has 0 amide bonds. The van der Waals surface area contributed by atoms with Gasteiger partial charge in [-0.25, -0.2) is 4.98 Å². The van der Waals surface area contributed by atoms with E-state index in [0.717, 1.165) is 18.0 Å². The fraction of sp³-hybridized carbons (Fsp3) is 0.500. The van der Waals surface area contributed by atoms with Gasteiger partial charge >= 0.3 is 0 Å². The van der Waals surface area contributed by atoms with Gasteiger partial charge in [0.05, 0.1) is 18.3 Å². The molecule has 1 N–H and O–H groups in total. The number of nitrogens with one attached hydrogen (secondary N) is 1. The lowest BCUT2D eigenvalue weighted by Crippen LogP contribution is -2.33. The van der Waals surface area contributed by atoms with Crippen molar-refractivity contribution in [1.82, 2.24) is 14.7 Å². The zero-order valence-corrected chi connectivity index (χ0v) is 12.1. The molecule has 2 heterocycles. The quantitative estimate of drug-likeness (QED) is 0.857. The third-order valence-electron chi connectivity index (χ3n) is 3.36. The molecular weight excluding hydrogens is 240 g/mol. The Balaban J connectivity index is 2.43. The van der Waals surface area contributed by atoms with E-state index >= 15 is 0 Å². The van der Waals surface area contributed by atoms with Gasteiger partial charge in [-0.1, -0.05) is 6.07 Å². The van der Waals surface area contributed by atoms with Crippen LogP contribution in [0.1, 0.15) is 12.6 Å². The fourth-order valence-corrected chi connectivity index (χ4v) is 2.21. The Bertz CT molecular complexity index is 537. The van der Waals surface area contributed by atoms with Gasteiger partial charge in [-0.3, -0.25) is 0 Å². The van der Waals surface area contributed by atoms with Gasteiger partial charge in [0.2, 0.25) is 0 Å². The number of likely N-dealkylation sites (N-methyl/N-ethyl adjacent to an activating group) is 1. The summed E-state index contributed by atoms with van der Waals surface area (Å²) in [5.41, 5.74) is 2.14. The number of anilines is 1. The van der Waals surface area contributed by atoms with E-state index < -0.39 is 0 Å². The molecule has 0 aliphatic heterocycles. The molecular formula is C14H22N4O. The average Bonchev–Trinajstić information content (AvgIpc) is 2.78.